The monoisotopic (exact) mass is 351 g/mol. The molecule has 0 spiro atoms. The van der Waals surface area contributed by atoms with Crippen LogP contribution in [0.2, 0.25) is 0 Å². The molecular formula is C19H17N3O2S. The van der Waals surface area contributed by atoms with E-state index in [1.165, 1.54) is 6.33 Å². The quantitative estimate of drug-likeness (QED) is 0.562. The Labute approximate surface area is 149 Å². The molecule has 1 atom stereocenters. The number of benzene rings is 1. The van der Waals surface area contributed by atoms with Crippen LogP contribution in [0.5, 0.6) is 0 Å². The molecule has 0 saturated carbocycles. The van der Waals surface area contributed by atoms with Gasteiger partial charge < -0.3 is 14.8 Å². The fourth-order valence-corrected chi connectivity index (χ4v) is 3.68. The summed E-state index contributed by atoms with van der Waals surface area (Å²) in [6.45, 7) is 1.99. The Morgan fingerprint density at radius 2 is 2.00 bits per heavy atom. The summed E-state index contributed by atoms with van der Waals surface area (Å²) >= 11 is 1.58. The molecule has 0 aliphatic carbocycles. The van der Waals surface area contributed by atoms with E-state index in [1.54, 1.807) is 36.7 Å². The van der Waals surface area contributed by atoms with Crippen molar-refractivity contribution in [1.29, 1.82) is 0 Å². The molecule has 1 unspecified atom stereocenters. The van der Waals surface area contributed by atoms with Gasteiger partial charge in [-0.3, -0.25) is 0 Å². The number of furan rings is 1. The molecule has 2 N–H and O–H groups in total. The lowest BCUT2D eigenvalue weighted by Gasteiger charge is -2.21. The van der Waals surface area contributed by atoms with Crippen molar-refractivity contribution < 1.29 is 9.52 Å². The molecular weight excluding hydrogens is 334 g/mol. The van der Waals surface area contributed by atoms with E-state index in [0.717, 1.165) is 21.3 Å². The lowest BCUT2D eigenvalue weighted by Crippen LogP contribution is -2.30. The largest absolute Gasteiger partial charge is 0.466 e. The van der Waals surface area contributed by atoms with E-state index >= 15 is 0 Å². The van der Waals surface area contributed by atoms with Crippen LogP contribution in [0.4, 0.5) is 5.82 Å². The van der Waals surface area contributed by atoms with Crippen molar-refractivity contribution in [3.8, 4) is 11.1 Å². The van der Waals surface area contributed by atoms with Crippen LogP contribution in [0.25, 0.3) is 21.3 Å². The fraction of sp³-hybridized carbons (Fsp3) is 0.158. The third-order valence-electron chi connectivity index (χ3n) is 4.11. The van der Waals surface area contributed by atoms with Crippen LogP contribution in [-0.4, -0.2) is 21.6 Å². The van der Waals surface area contributed by atoms with Crippen LogP contribution >= 0.6 is 11.3 Å². The summed E-state index contributed by atoms with van der Waals surface area (Å²) in [5.74, 6) is 1.22. The zero-order valence-electron chi connectivity index (χ0n) is 13.6. The highest BCUT2D eigenvalue weighted by atomic mass is 32.1. The summed E-state index contributed by atoms with van der Waals surface area (Å²) in [6, 6.07) is 13.7. The molecule has 4 rings (SSSR count). The molecule has 6 heteroatoms. The molecule has 0 aliphatic heterocycles. The van der Waals surface area contributed by atoms with E-state index in [-0.39, 0.29) is 6.54 Å². The third-order valence-corrected chi connectivity index (χ3v) is 4.99. The number of anilines is 1. The molecule has 3 aromatic heterocycles. The van der Waals surface area contributed by atoms with Gasteiger partial charge in [0.1, 0.15) is 28.3 Å². The Balaban J connectivity index is 1.69. The highest BCUT2D eigenvalue weighted by molar-refractivity contribution is 7.17. The van der Waals surface area contributed by atoms with Crippen LogP contribution in [0, 0.1) is 0 Å². The van der Waals surface area contributed by atoms with E-state index in [1.807, 2.05) is 18.2 Å². The molecule has 126 valence electrons. The number of rotatable bonds is 5. The van der Waals surface area contributed by atoms with Crippen molar-refractivity contribution in [2.75, 3.05) is 11.9 Å². The average Bonchev–Trinajstić information content (AvgIpc) is 3.31. The zero-order valence-corrected chi connectivity index (χ0v) is 14.5. The van der Waals surface area contributed by atoms with Gasteiger partial charge in [-0.05, 0) is 24.6 Å². The smallest absolute Gasteiger partial charge is 0.138 e. The van der Waals surface area contributed by atoms with Crippen molar-refractivity contribution in [1.82, 2.24) is 9.97 Å². The molecule has 5 nitrogen and oxygen atoms in total. The number of hydrogen-bond donors (Lipinski definition) is 2. The Kier molecular flexibility index (Phi) is 3.99. The average molecular weight is 351 g/mol. The second-order valence-electron chi connectivity index (χ2n) is 6.02. The van der Waals surface area contributed by atoms with Crippen molar-refractivity contribution in [3.05, 3.63) is 66.2 Å². The van der Waals surface area contributed by atoms with Gasteiger partial charge in [0, 0.05) is 10.9 Å². The summed E-state index contributed by atoms with van der Waals surface area (Å²) in [4.78, 5) is 9.67. The first-order chi connectivity index (χ1) is 12.1. The first kappa shape index (κ1) is 15.8. The van der Waals surface area contributed by atoms with Gasteiger partial charge in [-0.1, -0.05) is 30.3 Å². The summed E-state index contributed by atoms with van der Waals surface area (Å²) in [5.41, 5.74) is 1.06. The van der Waals surface area contributed by atoms with E-state index in [0.29, 0.717) is 11.6 Å². The second-order valence-corrected chi connectivity index (χ2v) is 6.88. The molecule has 0 radical (unpaired) electrons. The van der Waals surface area contributed by atoms with Gasteiger partial charge in [0.2, 0.25) is 0 Å². The summed E-state index contributed by atoms with van der Waals surface area (Å²) < 4.78 is 5.33. The van der Waals surface area contributed by atoms with Crippen LogP contribution in [-0.2, 0) is 5.60 Å². The number of nitrogens with zero attached hydrogens (tertiary/aromatic N) is 2. The van der Waals surface area contributed by atoms with Crippen LogP contribution in [0.15, 0.2) is 64.9 Å². The first-order valence-electron chi connectivity index (χ1n) is 7.93. The standard InChI is InChI=1S/C19H17N3O2S/c1-19(23,15-8-5-9-24-15)11-20-17-16-14(13-6-3-2-4-7-13)10-25-18(16)22-12-21-17/h2-10,12,23H,11H2,1H3,(H,20,21,22). The van der Waals surface area contributed by atoms with Gasteiger partial charge in [0.05, 0.1) is 18.2 Å². The number of nitrogens with one attached hydrogen (secondary N) is 1. The lowest BCUT2D eigenvalue weighted by atomic mass is 10.0. The maximum atomic E-state index is 10.6. The maximum Gasteiger partial charge on any atom is 0.138 e. The van der Waals surface area contributed by atoms with Crippen molar-refractivity contribution in [3.63, 3.8) is 0 Å². The van der Waals surface area contributed by atoms with Gasteiger partial charge in [-0.25, -0.2) is 9.97 Å². The van der Waals surface area contributed by atoms with E-state index < -0.39 is 5.60 Å². The van der Waals surface area contributed by atoms with E-state index in [9.17, 15) is 5.11 Å². The first-order valence-corrected chi connectivity index (χ1v) is 8.81. The zero-order chi connectivity index (χ0) is 17.3. The van der Waals surface area contributed by atoms with Crippen molar-refractivity contribution in [2.24, 2.45) is 0 Å². The van der Waals surface area contributed by atoms with Crippen LogP contribution in [0.3, 0.4) is 0 Å². The van der Waals surface area contributed by atoms with Crippen molar-refractivity contribution in [2.45, 2.75) is 12.5 Å². The fourth-order valence-electron chi connectivity index (χ4n) is 2.77. The molecule has 25 heavy (non-hydrogen) atoms. The molecule has 0 amide bonds. The van der Waals surface area contributed by atoms with Crippen LogP contribution < -0.4 is 5.32 Å². The molecule has 0 aliphatic rings. The normalized spacial score (nSPS) is 13.7. The predicted octanol–water partition coefficient (Wildman–Crippen LogP) is 4.27. The Hall–Kier alpha value is -2.70. The second kappa shape index (κ2) is 6.31. The Bertz CT molecular complexity index is 979. The van der Waals surface area contributed by atoms with Gasteiger partial charge in [0.25, 0.3) is 0 Å². The summed E-state index contributed by atoms with van der Waals surface area (Å²) in [7, 11) is 0. The molecule has 3 heterocycles. The highest BCUT2D eigenvalue weighted by Gasteiger charge is 2.26. The van der Waals surface area contributed by atoms with E-state index in [2.05, 4.69) is 32.8 Å². The van der Waals surface area contributed by atoms with Gasteiger partial charge >= 0.3 is 0 Å². The summed E-state index contributed by atoms with van der Waals surface area (Å²) in [6.07, 6.45) is 3.09. The summed E-state index contributed by atoms with van der Waals surface area (Å²) in [5, 5.41) is 17.0. The predicted molar refractivity (Wildman–Crippen MR) is 99.6 cm³/mol. The Morgan fingerprint density at radius 3 is 2.76 bits per heavy atom. The molecule has 0 saturated heterocycles. The van der Waals surface area contributed by atoms with Gasteiger partial charge in [-0.2, -0.15) is 0 Å². The number of thiophene rings is 1. The number of fused-ring (bicyclic) bond motifs is 1. The van der Waals surface area contributed by atoms with Crippen molar-refractivity contribution >= 4 is 27.4 Å². The highest BCUT2D eigenvalue weighted by Crippen LogP contribution is 2.36. The minimum absolute atomic E-state index is 0.275. The lowest BCUT2D eigenvalue weighted by molar-refractivity contribution is 0.0476. The van der Waals surface area contributed by atoms with Gasteiger partial charge in [-0.15, -0.1) is 11.3 Å². The third kappa shape index (κ3) is 3.01. The topological polar surface area (TPSA) is 71.2 Å². The number of aromatic nitrogens is 2. The SMILES string of the molecule is CC(O)(CNc1ncnc2scc(-c3ccccc3)c12)c1ccco1. The molecule has 4 aromatic rings. The van der Waals surface area contributed by atoms with E-state index in [4.69, 9.17) is 4.42 Å². The molecule has 0 fully saturated rings. The molecule has 1 aromatic carbocycles. The Morgan fingerprint density at radius 1 is 1.16 bits per heavy atom. The number of hydrogen-bond acceptors (Lipinski definition) is 6. The molecule has 0 bridgehead atoms. The minimum atomic E-state index is -1.14. The minimum Gasteiger partial charge on any atom is -0.466 e. The van der Waals surface area contributed by atoms with Crippen LogP contribution in [0.1, 0.15) is 12.7 Å². The number of aliphatic hydroxyl groups is 1. The maximum absolute atomic E-state index is 10.6. The van der Waals surface area contributed by atoms with Gasteiger partial charge in [0.15, 0.2) is 0 Å².